The van der Waals surface area contributed by atoms with Crippen molar-refractivity contribution in [1.82, 2.24) is 9.88 Å². The Morgan fingerprint density at radius 1 is 1.26 bits per heavy atom. The molecule has 1 aromatic heterocycles. The summed E-state index contributed by atoms with van der Waals surface area (Å²) in [6, 6.07) is 6.38. The molecule has 2 heterocycles. The van der Waals surface area contributed by atoms with E-state index in [4.69, 9.17) is 4.42 Å². The largest absolute Gasteiger partial charge is 0.444 e. The molecule has 1 aromatic carbocycles. The maximum Gasteiger partial charge on any atom is 0.226 e. The Bertz CT molecular complexity index is 595. The zero-order valence-corrected chi connectivity index (χ0v) is 10.7. The summed E-state index contributed by atoms with van der Waals surface area (Å²) >= 11 is 0. The van der Waals surface area contributed by atoms with E-state index in [9.17, 15) is 4.39 Å². The van der Waals surface area contributed by atoms with E-state index in [0.717, 1.165) is 11.3 Å². The van der Waals surface area contributed by atoms with Crippen LogP contribution in [0.4, 0.5) is 4.39 Å². The van der Waals surface area contributed by atoms with Crippen LogP contribution in [0.2, 0.25) is 0 Å². The van der Waals surface area contributed by atoms with Gasteiger partial charge in [0.1, 0.15) is 18.1 Å². The summed E-state index contributed by atoms with van der Waals surface area (Å²) in [7, 11) is 3.97. The average molecular weight is 259 g/mol. The first-order valence-electron chi connectivity index (χ1n) is 6.06. The number of aliphatic imine (C=N–C) groups is 1. The number of rotatable bonds is 4. The van der Waals surface area contributed by atoms with Crippen LogP contribution in [-0.4, -0.2) is 36.2 Å². The van der Waals surface area contributed by atoms with Crippen molar-refractivity contribution in [3.05, 3.63) is 42.0 Å². The van der Waals surface area contributed by atoms with E-state index in [-0.39, 0.29) is 17.9 Å². The summed E-state index contributed by atoms with van der Waals surface area (Å²) in [4.78, 5) is 10.7. The Morgan fingerprint density at radius 3 is 2.53 bits per heavy atom. The summed E-state index contributed by atoms with van der Waals surface area (Å²) in [5.41, 5.74) is 1.61. The summed E-state index contributed by atoms with van der Waals surface area (Å²) in [6.45, 7) is 0. The third-order valence-electron chi connectivity index (χ3n) is 3.12. The fourth-order valence-electron chi connectivity index (χ4n) is 2.10. The third-order valence-corrected chi connectivity index (χ3v) is 3.12. The molecule has 1 aliphatic heterocycles. The zero-order chi connectivity index (χ0) is 13.4. The number of nitrogens with zero attached hydrogens (tertiary/aromatic N) is 3. The summed E-state index contributed by atoms with van der Waals surface area (Å²) in [5, 5.41) is 0. The quantitative estimate of drug-likeness (QED) is 0.847. The van der Waals surface area contributed by atoms with Crippen molar-refractivity contribution in [1.29, 1.82) is 0 Å². The second-order valence-electron chi connectivity index (χ2n) is 4.78. The lowest BCUT2D eigenvalue weighted by Crippen LogP contribution is -2.25. The van der Waals surface area contributed by atoms with Crippen LogP contribution in [-0.2, 0) is 0 Å². The molecule has 98 valence electrons. The van der Waals surface area contributed by atoms with E-state index in [1.54, 1.807) is 18.4 Å². The van der Waals surface area contributed by atoms with Crippen LogP contribution < -0.4 is 0 Å². The number of oxazole rings is 1. The molecule has 0 N–H and O–H groups in total. The van der Waals surface area contributed by atoms with Gasteiger partial charge in [0.15, 0.2) is 0 Å². The Labute approximate surface area is 110 Å². The van der Waals surface area contributed by atoms with E-state index < -0.39 is 0 Å². The van der Waals surface area contributed by atoms with E-state index >= 15 is 0 Å². The average Bonchev–Trinajstić information content (AvgIpc) is 3.08. The molecule has 4 nitrogen and oxygen atoms in total. The predicted molar refractivity (Wildman–Crippen MR) is 70.6 cm³/mol. The highest BCUT2D eigenvalue weighted by Gasteiger charge is 2.31. The van der Waals surface area contributed by atoms with Gasteiger partial charge in [-0.05, 0) is 38.4 Å². The first-order valence-corrected chi connectivity index (χ1v) is 6.06. The molecule has 2 unspecified atom stereocenters. The molecule has 0 bridgehead atoms. The Hall–Kier alpha value is -2.01. The number of halogens is 1. The first kappa shape index (κ1) is 12.0. The highest BCUT2D eigenvalue weighted by Crippen LogP contribution is 2.29. The van der Waals surface area contributed by atoms with Gasteiger partial charge in [-0.1, -0.05) is 0 Å². The first-order chi connectivity index (χ1) is 9.15. The van der Waals surface area contributed by atoms with Crippen LogP contribution >= 0.6 is 0 Å². The summed E-state index contributed by atoms with van der Waals surface area (Å²) in [5.74, 6) is 0.232. The number of likely N-dealkylation sites (N-methyl/N-ethyl adjacent to an activating group) is 1. The van der Waals surface area contributed by atoms with E-state index in [0.29, 0.717) is 5.89 Å². The molecule has 0 fully saturated rings. The van der Waals surface area contributed by atoms with Crippen LogP contribution in [0.15, 0.2) is 39.9 Å². The highest BCUT2D eigenvalue weighted by molar-refractivity contribution is 5.79. The molecule has 2 atom stereocenters. The molecule has 2 aromatic rings. The van der Waals surface area contributed by atoms with Crippen molar-refractivity contribution in [3.8, 4) is 11.5 Å². The minimum Gasteiger partial charge on any atom is -0.444 e. The molecule has 19 heavy (non-hydrogen) atoms. The standard InChI is InChI=1S/C14H14FN3O/c1-18(2)13(11-7-16-11)12-8-19-14(17-12)9-3-5-10(15)6-4-9/h3-8,11,13H,1-2H3. The Kier molecular flexibility index (Phi) is 2.91. The number of benzene rings is 1. The van der Waals surface area contributed by atoms with Crippen LogP contribution in [0, 0.1) is 5.82 Å². The number of aromatic nitrogens is 1. The van der Waals surface area contributed by atoms with Crippen LogP contribution in [0.25, 0.3) is 11.5 Å². The maximum absolute atomic E-state index is 12.9. The van der Waals surface area contributed by atoms with Crippen molar-refractivity contribution in [2.24, 2.45) is 4.99 Å². The lowest BCUT2D eigenvalue weighted by Gasteiger charge is -2.20. The second kappa shape index (κ2) is 4.59. The molecule has 0 spiro atoms. The monoisotopic (exact) mass is 259 g/mol. The molecule has 0 radical (unpaired) electrons. The Morgan fingerprint density at radius 2 is 1.95 bits per heavy atom. The Balaban J connectivity index is 1.88. The SMILES string of the molecule is CN(C)C(c1coc(-c2ccc(F)cc2)n1)C1C=N1. The molecule has 0 aliphatic carbocycles. The fourth-order valence-corrected chi connectivity index (χ4v) is 2.10. The van der Waals surface area contributed by atoms with Gasteiger partial charge in [-0.25, -0.2) is 9.37 Å². The molecule has 0 saturated carbocycles. The maximum atomic E-state index is 12.9. The zero-order valence-electron chi connectivity index (χ0n) is 10.7. The number of hydrogen-bond acceptors (Lipinski definition) is 4. The fraction of sp³-hybridized carbons (Fsp3) is 0.286. The molecule has 0 amide bonds. The highest BCUT2D eigenvalue weighted by atomic mass is 19.1. The van der Waals surface area contributed by atoms with Crippen molar-refractivity contribution in [2.75, 3.05) is 14.1 Å². The molecule has 5 heteroatoms. The van der Waals surface area contributed by atoms with Crippen LogP contribution in [0.5, 0.6) is 0 Å². The topological polar surface area (TPSA) is 41.6 Å². The van der Waals surface area contributed by atoms with Gasteiger partial charge in [-0.2, -0.15) is 0 Å². The van der Waals surface area contributed by atoms with Gasteiger partial charge in [0.05, 0.1) is 11.7 Å². The molecule has 1 aliphatic rings. The van der Waals surface area contributed by atoms with Gasteiger partial charge < -0.3 is 4.42 Å². The van der Waals surface area contributed by atoms with Gasteiger partial charge >= 0.3 is 0 Å². The normalized spacial score (nSPS) is 18.8. The molecule has 3 rings (SSSR count). The van der Waals surface area contributed by atoms with Crippen molar-refractivity contribution in [3.63, 3.8) is 0 Å². The minimum absolute atomic E-state index is 0.0953. The van der Waals surface area contributed by atoms with E-state index in [2.05, 4.69) is 14.9 Å². The van der Waals surface area contributed by atoms with Crippen molar-refractivity contribution in [2.45, 2.75) is 12.1 Å². The van der Waals surface area contributed by atoms with E-state index in [1.807, 2.05) is 20.3 Å². The minimum atomic E-state index is -0.270. The number of hydrogen-bond donors (Lipinski definition) is 0. The van der Waals surface area contributed by atoms with Crippen LogP contribution in [0.1, 0.15) is 11.7 Å². The lowest BCUT2D eigenvalue weighted by molar-refractivity contribution is 0.294. The second-order valence-corrected chi connectivity index (χ2v) is 4.78. The van der Waals surface area contributed by atoms with Gasteiger partial charge in [-0.15, -0.1) is 0 Å². The molecule has 0 saturated heterocycles. The van der Waals surface area contributed by atoms with Gasteiger partial charge in [-0.3, -0.25) is 9.89 Å². The smallest absolute Gasteiger partial charge is 0.226 e. The van der Waals surface area contributed by atoms with E-state index in [1.165, 1.54) is 12.1 Å². The third kappa shape index (κ3) is 2.42. The molecular formula is C14H14FN3O. The van der Waals surface area contributed by atoms with Gasteiger partial charge in [0.25, 0.3) is 0 Å². The summed E-state index contributed by atoms with van der Waals surface area (Å²) in [6.07, 6.45) is 3.54. The molecular weight excluding hydrogens is 245 g/mol. The predicted octanol–water partition coefficient (Wildman–Crippen LogP) is 2.54. The van der Waals surface area contributed by atoms with Crippen molar-refractivity contribution < 1.29 is 8.81 Å². The van der Waals surface area contributed by atoms with Gasteiger partial charge in [0, 0.05) is 11.8 Å². The van der Waals surface area contributed by atoms with Crippen LogP contribution in [0.3, 0.4) is 0 Å². The van der Waals surface area contributed by atoms with Gasteiger partial charge in [0.2, 0.25) is 5.89 Å². The summed E-state index contributed by atoms with van der Waals surface area (Å²) < 4.78 is 18.4. The van der Waals surface area contributed by atoms with Crippen molar-refractivity contribution >= 4 is 6.21 Å². The lowest BCUT2D eigenvalue weighted by atomic mass is 10.1.